The summed E-state index contributed by atoms with van der Waals surface area (Å²) in [6, 6.07) is 6.64. The maximum absolute atomic E-state index is 11.0. The summed E-state index contributed by atoms with van der Waals surface area (Å²) in [5, 5.41) is 11.7. The Labute approximate surface area is 103 Å². The van der Waals surface area contributed by atoms with Gasteiger partial charge >= 0.3 is 0 Å². The predicted molar refractivity (Wildman–Crippen MR) is 65.6 cm³/mol. The van der Waals surface area contributed by atoms with Crippen LogP contribution in [0.2, 0.25) is 0 Å². The summed E-state index contributed by atoms with van der Waals surface area (Å²) in [6.45, 7) is 1.83. The Morgan fingerprint density at radius 1 is 1.39 bits per heavy atom. The van der Waals surface area contributed by atoms with E-state index in [2.05, 4.69) is 4.98 Å². The lowest BCUT2D eigenvalue weighted by Gasteiger charge is -2.06. The summed E-state index contributed by atoms with van der Waals surface area (Å²) >= 11 is 0. The average molecular weight is 248 g/mol. The lowest BCUT2D eigenvalue weighted by molar-refractivity contribution is -0.383. The fourth-order valence-electron chi connectivity index (χ4n) is 1.64. The van der Waals surface area contributed by atoms with Crippen molar-refractivity contribution in [3.8, 4) is 5.75 Å². The second-order valence-electron chi connectivity index (χ2n) is 3.77. The van der Waals surface area contributed by atoms with Gasteiger partial charge in [-0.1, -0.05) is 6.07 Å². The van der Waals surface area contributed by atoms with Crippen LogP contribution in [0.15, 0.2) is 24.3 Å². The van der Waals surface area contributed by atoms with Gasteiger partial charge in [-0.25, -0.2) is 4.98 Å². The molecule has 1 heterocycles. The van der Waals surface area contributed by atoms with Gasteiger partial charge in [-0.2, -0.15) is 0 Å². The van der Waals surface area contributed by atoms with Gasteiger partial charge in [-0.15, -0.1) is 0 Å². The molecule has 2 rings (SSSR count). The summed E-state index contributed by atoms with van der Waals surface area (Å²) in [5.41, 5.74) is 1.03. The molecule has 0 atom stereocenters. The SMILES string of the molecule is COCOc1cc([N+](=O)[O-])c2nc(C)ccc2c1. The van der Waals surface area contributed by atoms with Gasteiger partial charge in [0.25, 0.3) is 5.69 Å². The molecule has 0 bridgehead atoms. The van der Waals surface area contributed by atoms with Gasteiger partial charge in [-0.3, -0.25) is 10.1 Å². The third-order valence-electron chi connectivity index (χ3n) is 2.43. The topological polar surface area (TPSA) is 74.5 Å². The predicted octanol–water partition coefficient (Wildman–Crippen LogP) is 2.43. The molecular weight excluding hydrogens is 236 g/mol. The first-order valence-corrected chi connectivity index (χ1v) is 5.29. The molecule has 0 saturated heterocycles. The Bertz CT molecular complexity index is 598. The zero-order valence-electron chi connectivity index (χ0n) is 10.0. The molecule has 18 heavy (non-hydrogen) atoms. The Morgan fingerprint density at radius 3 is 2.83 bits per heavy atom. The van der Waals surface area contributed by atoms with E-state index in [0.29, 0.717) is 16.7 Å². The maximum atomic E-state index is 11.0. The van der Waals surface area contributed by atoms with Gasteiger partial charge in [-0.05, 0) is 19.1 Å². The highest BCUT2D eigenvalue weighted by molar-refractivity contribution is 5.88. The molecule has 0 saturated carbocycles. The van der Waals surface area contributed by atoms with Crippen molar-refractivity contribution in [2.24, 2.45) is 0 Å². The largest absolute Gasteiger partial charge is 0.467 e. The molecule has 6 heteroatoms. The van der Waals surface area contributed by atoms with Crippen molar-refractivity contribution in [3.05, 3.63) is 40.1 Å². The maximum Gasteiger partial charge on any atom is 0.299 e. The number of nitro benzene ring substituents is 1. The smallest absolute Gasteiger partial charge is 0.299 e. The number of nitrogens with zero attached hydrogens (tertiary/aromatic N) is 2. The van der Waals surface area contributed by atoms with Crippen molar-refractivity contribution in [1.29, 1.82) is 0 Å². The quantitative estimate of drug-likeness (QED) is 0.472. The molecule has 2 aromatic rings. The summed E-state index contributed by atoms with van der Waals surface area (Å²) in [4.78, 5) is 14.8. The van der Waals surface area contributed by atoms with Crippen molar-refractivity contribution in [2.45, 2.75) is 6.92 Å². The van der Waals surface area contributed by atoms with E-state index >= 15 is 0 Å². The number of hydrogen-bond donors (Lipinski definition) is 0. The van der Waals surface area contributed by atoms with E-state index in [0.717, 1.165) is 5.69 Å². The van der Waals surface area contributed by atoms with Crippen LogP contribution in [0.1, 0.15) is 5.69 Å². The minimum atomic E-state index is -0.464. The summed E-state index contributed by atoms with van der Waals surface area (Å²) in [6.07, 6.45) is 0. The van der Waals surface area contributed by atoms with E-state index in [1.807, 2.05) is 0 Å². The van der Waals surface area contributed by atoms with Crippen LogP contribution < -0.4 is 4.74 Å². The van der Waals surface area contributed by atoms with Crippen molar-refractivity contribution in [2.75, 3.05) is 13.9 Å². The molecule has 1 aromatic carbocycles. The zero-order valence-corrected chi connectivity index (χ0v) is 10.0. The minimum absolute atomic E-state index is 0.0436. The van der Waals surface area contributed by atoms with Crippen LogP contribution in [0.25, 0.3) is 10.9 Å². The van der Waals surface area contributed by atoms with Crippen molar-refractivity contribution in [1.82, 2.24) is 4.98 Å². The molecule has 0 amide bonds. The second kappa shape index (κ2) is 4.97. The molecule has 0 unspecified atom stereocenters. The average Bonchev–Trinajstić information content (AvgIpc) is 2.35. The van der Waals surface area contributed by atoms with Gasteiger partial charge in [0, 0.05) is 18.2 Å². The van der Waals surface area contributed by atoms with Crippen LogP contribution in [0.3, 0.4) is 0 Å². The second-order valence-corrected chi connectivity index (χ2v) is 3.77. The number of non-ortho nitro benzene ring substituents is 1. The number of ether oxygens (including phenoxy) is 2. The third kappa shape index (κ3) is 2.38. The van der Waals surface area contributed by atoms with E-state index in [1.165, 1.54) is 13.2 Å². The highest BCUT2D eigenvalue weighted by Crippen LogP contribution is 2.29. The van der Waals surface area contributed by atoms with Crippen LogP contribution >= 0.6 is 0 Å². The Morgan fingerprint density at radius 2 is 2.17 bits per heavy atom. The van der Waals surface area contributed by atoms with Gasteiger partial charge in [0.05, 0.1) is 11.0 Å². The number of pyridine rings is 1. The number of rotatable bonds is 4. The standard InChI is InChI=1S/C12H12N2O4/c1-8-3-4-9-5-10(18-7-17-2)6-11(14(15)16)12(9)13-8/h3-6H,7H2,1-2H3. The Balaban J connectivity index is 2.59. The molecule has 1 aromatic heterocycles. The molecule has 6 nitrogen and oxygen atoms in total. The lowest BCUT2D eigenvalue weighted by atomic mass is 10.1. The fraction of sp³-hybridized carbons (Fsp3) is 0.250. The molecule has 0 aliphatic carbocycles. The molecule has 0 spiro atoms. The highest BCUT2D eigenvalue weighted by atomic mass is 16.7. The van der Waals surface area contributed by atoms with E-state index in [1.54, 1.807) is 25.1 Å². The first-order chi connectivity index (χ1) is 8.61. The van der Waals surface area contributed by atoms with E-state index in [9.17, 15) is 10.1 Å². The van der Waals surface area contributed by atoms with Gasteiger partial charge in [0.1, 0.15) is 11.3 Å². The number of aromatic nitrogens is 1. The van der Waals surface area contributed by atoms with E-state index in [-0.39, 0.29) is 12.5 Å². The summed E-state index contributed by atoms with van der Waals surface area (Å²) in [7, 11) is 1.49. The van der Waals surface area contributed by atoms with Gasteiger partial charge < -0.3 is 9.47 Å². The molecule has 94 valence electrons. The molecule has 0 fully saturated rings. The monoisotopic (exact) mass is 248 g/mol. The van der Waals surface area contributed by atoms with Crippen LogP contribution in [-0.4, -0.2) is 23.8 Å². The molecule has 0 N–H and O–H groups in total. The van der Waals surface area contributed by atoms with Crippen molar-refractivity contribution >= 4 is 16.6 Å². The van der Waals surface area contributed by atoms with Gasteiger partial charge in [0.15, 0.2) is 6.79 Å². The van der Waals surface area contributed by atoms with E-state index < -0.39 is 4.92 Å². The van der Waals surface area contributed by atoms with Crippen LogP contribution in [0.5, 0.6) is 5.75 Å². The first kappa shape index (κ1) is 12.3. The van der Waals surface area contributed by atoms with E-state index in [4.69, 9.17) is 9.47 Å². The normalized spacial score (nSPS) is 10.6. The van der Waals surface area contributed by atoms with Crippen LogP contribution in [0, 0.1) is 17.0 Å². The molecule has 0 aliphatic rings. The number of nitro groups is 1. The number of benzene rings is 1. The number of fused-ring (bicyclic) bond motifs is 1. The van der Waals surface area contributed by atoms with Crippen molar-refractivity contribution in [3.63, 3.8) is 0 Å². The highest BCUT2D eigenvalue weighted by Gasteiger charge is 2.16. The first-order valence-electron chi connectivity index (χ1n) is 5.29. The molecular formula is C12H12N2O4. The third-order valence-corrected chi connectivity index (χ3v) is 2.43. The Kier molecular flexibility index (Phi) is 3.38. The molecule has 0 radical (unpaired) electrons. The number of aryl methyl sites for hydroxylation is 1. The fourth-order valence-corrected chi connectivity index (χ4v) is 1.64. The zero-order chi connectivity index (χ0) is 13.1. The van der Waals surface area contributed by atoms with Crippen molar-refractivity contribution < 1.29 is 14.4 Å². The Hall–Kier alpha value is -2.21. The number of hydrogen-bond acceptors (Lipinski definition) is 5. The summed E-state index contributed by atoms with van der Waals surface area (Å²) < 4.78 is 10.00. The van der Waals surface area contributed by atoms with Crippen LogP contribution in [0.4, 0.5) is 5.69 Å². The van der Waals surface area contributed by atoms with Crippen LogP contribution in [-0.2, 0) is 4.74 Å². The lowest BCUT2D eigenvalue weighted by Crippen LogP contribution is -2.00. The minimum Gasteiger partial charge on any atom is -0.467 e. The molecule has 0 aliphatic heterocycles. The van der Waals surface area contributed by atoms with Gasteiger partial charge in [0.2, 0.25) is 0 Å². The summed E-state index contributed by atoms with van der Waals surface area (Å²) in [5.74, 6) is 0.390. The number of methoxy groups -OCH3 is 1.